The molecule has 0 aliphatic rings. The van der Waals surface area contributed by atoms with Crippen LogP contribution in [0.15, 0.2) is 11.3 Å². The van der Waals surface area contributed by atoms with Crippen molar-refractivity contribution < 1.29 is 4.74 Å². The van der Waals surface area contributed by atoms with E-state index in [0.29, 0.717) is 13.2 Å². The van der Waals surface area contributed by atoms with Gasteiger partial charge in [0.25, 0.3) is 0 Å². The summed E-state index contributed by atoms with van der Waals surface area (Å²) in [7, 11) is 1.68. The van der Waals surface area contributed by atoms with Crippen LogP contribution in [0.4, 0.5) is 0 Å². The monoisotopic (exact) mass is 424 g/mol. The van der Waals surface area contributed by atoms with E-state index in [9.17, 15) is 0 Å². The number of nitrogens with zero attached hydrogens (tertiary/aromatic N) is 4. The molecule has 7 nitrogen and oxygen atoms in total. The number of hydrogen-bond acceptors (Lipinski definition) is 4. The highest BCUT2D eigenvalue weighted by Gasteiger charge is 2.12. The molecule has 0 radical (unpaired) electrons. The molecular formula is C14H29IN6O. The van der Waals surface area contributed by atoms with Crippen LogP contribution in [0.5, 0.6) is 0 Å². The second-order valence-corrected chi connectivity index (χ2v) is 5.82. The van der Waals surface area contributed by atoms with Gasteiger partial charge in [0.05, 0.1) is 13.2 Å². The Labute approximate surface area is 150 Å². The highest BCUT2D eigenvalue weighted by atomic mass is 127. The van der Waals surface area contributed by atoms with Crippen LogP contribution in [-0.4, -0.2) is 53.1 Å². The van der Waals surface area contributed by atoms with Gasteiger partial charge in [-0.15, -0.1) is 34.2 Å². The van der Waals surface area contributed by atoms with Gasteiger partial charge in [0.1, 0.15) is 12.2 Å². The minimum Gasteiger partial charge on any atom is -0.383 e. The van der Waals surface area contributed by atoms with Gasteiger partial charge in [-0.2, -0.15) is 0 Å². The van der Waals surface area contributed by atoms with Crippen LogP contribution in [0.3, 0.4) is 0 Å². The summed E-state index contributed by atoms with van der Waals surface area (Å²) >= 11 is 0. The fourth-order valence-corrected chi connectivity index (χ4v) is 1.78. The fourth-order valence-electron chi connectivity index (χ4n) is 1.78. The van der Waals surface area contributed by atoms with Gasteiger partial charge >= 0.3 is 0 Å². The zero-order valence-corrected chi connectivity index (χ0v) is 16.5. The van der Waals surface area contributed by atoms with E-state index < -0.39 is 0 Å². The summed E-state index contributed by atoms with van der Waals surface area (Å²) in [6.45, 7) is 11.2. The summed E-state index contributed by atoms with van der Waals surface area (Å²) in [5.74, 6) is 1.80. The van der Waals surface area contributed by atoms with Crippen LogP contribution >= 0.6 is 24.0 Å². The molecule has 0 atom stereocenters. The number of hydrogen-bond donors (Lipinski definition) is 2. The number of methoxy groups -OCH3 is 1. The molecule has 0 unspecified atom stereocenters. The van der Waals surface area contributed by atoms with Crippen LogP contribution in [0.1, 0.15) is 33.5 Å². The Kier molecular flexibility index (Phi) is 10.3. The second kappa shape index (κ2) is 10.8. The lowest BCUT2D eigenvalue weighted by atomic mass is 10.1. The highest BCUT2D eigenvalue weighted by molar-refractivity contribution is 14.0. The molecule has 8 heteroatoms. The number of aromatic nitrogens is 3. The minimum atomic E-state index is -0.0377. The third kappa shape index (κ3) is 8.52. The molecule has 1 aromatic heterocycles. The topological polar surface area (TPSA) is 76.4 Å². The maximum absolute atomic E-state index is 5.03. The SMILES string of the molecule is CCc1nncn1CCNC(=NCCOC)NC(C)(C)C.I. The van der Waals surface area contributed by atoms with Gasteiger partial charge in [-0.05, 0) is 20.8 Å². The Morgan fingerprint density at radius 1 is 1.41 bits per heavy atom. The molecule has 0 spiro atoms. The predicted molar refractivity (Wildman–Crippen MR) is 99.9 cm³/mol. The predicted octanol–water partition coefficient (Wildman–Crippen LogP) is 1.44. The van der Waals surface area contributed by atoms with Crippen LogP contribution in [-0.2, 0) is 17.7 Å². The Hall–Kier alpha value is -0.900. The molecule has 1 aromatic rings. The molecule has 0 aliphatic carbocycles. The molecule has 0 bridgehead atoms. The van der Waals surface area contributed by atoms with E-state index in [-0.39, 0.29) is 29.5 Å². The van der Waals surface area contributed by atoms with Crippen LogP contribution in [0.25, 0.3) is 0 Å². The van der Waals surface area contributed by atoms with Crippen molar-refractivity contribution in [3.8, 4) is 0 Å². The van der Waals surface area contributed by atoms with Crippen molar-refractivity contribution in [3.63, 3.8) is 0 Å². The van der Waals surface area contributed by atoms with Gasteiger partial charge in [0.15, 0.2) is 5.96 Å². The molecule has 0 saturated carbocycles. The van der Waals surface area contributed by atoms with Gasteiger partial charge in [-0.3, -0.25) is 4.99 Å². The Balaban J connectivity index is 0.00000441. The molecule has 0 fully saturated rings. The summed E-state index contributed by atoms with van der Waals surface area (Å²) in [6, 6.07) is 0. The lowest BCUT2D eigenvalue weighted by Gasteiger charge is -2.24. The Morgan fingerprint density at radius 3 is 2.73 bits per heavy atom. The average molecular weight is 424 g/mol. The maximum atomic E-state index is 5.03. The van der Waals surface area contributed by atoms with Crippen molar-refractivity contribution in [1.29, 1.82) is 0 Å². The van der Waals surface area contributed by atoms with Crippen LogP contribution < -0.4 is 10.6 Å². The summed E-state index contributed by atoms with van der Waals surface area (Å²) in [4.78, 5) is 4.49. The number of halogens is 1. The second-order valence-electron chi connectivity index (χ2n) is 5.82. The fraction of sp³-hybridized carbons (Fsp3) is 0.786. The van der Waals surface area contributed by atoms with Crippen LogP contribution in [0.2, 0.25) is 0 Å². The maximum Gasteiger partial charge on any atom is 0.191 e. The number of nitrogens with one attached hydrogen (secondary N) is 2. The normalized spacial score (nSPS) is 12.0. The van der Waals surface area contributed by atoms with Gasteiger partial charge < -0.3 is 19.9 Å². The summed E-state index contributed by atoms with van der Waals surface area (Å²) in [5.41, 5.74) is -0.0377. The smallest absolute Gasteiger partial charge is 0.191 e. The third-order valence-electron chi connectivity index (χ3n) is 2.72. The molecular weight excluding hydrogens is 395 g/mol. The van der Waals surface area contributed by atoms with E-state index >= 15 is 0 Å². The zero-order chi connectivity index (χ0) is 15.7. The third-order valence-corrected chi connectivity index (χ3v) is 2.72. The van der Waals surface area contributed by atoms with Crippen LogP contribution in [0, 0.1) is 0 Å². The average Bonchev–Trinajstić information content (AvgIpc) is 2.84. The molecule has 0 saturated heterocycles. The quantitative estimate of drug-likeness (QED) is 0.300. The first kappa shape index (κ1) is 21.1. The van der Waals surface area contributed by atoms with Crippen molar-refractivity contribution in [3.05, 3.63) is 12.2 Å². The molecule has 128 valence electrons. The van der Waals surface area contributed by atoms with Crippen molar-refractivity contribution in [2.45, 2.75) is 46.2 Å². The number of aliphatic imine (C=N–C) groups is 1. The van der Waals surface area contributed by atoms with E-state index in [0.717, 1.165) is 31.3 Å². The van der Waals surface area contributed by atoms with Crippen molar-refractivity contribution >= 4 is 29.9 Å². The molecule has 22 heavy (non-hydrogen) atoms. The van der Waals surface area contributed by atoms with E-state index in [4.69, 9.17) is 4.74 Å². The molecule has 0 aliphatic heterocycles. The van der Waals surface area contributed by atoms with Gasteiger partial charge in [-0.1, -0.05) is 6.92 Å². The number of guanidine groups is 1. The minimum absolute atomic E-state index is 0. The van der Waals surface area contributed by atoms with Gasteiger partial charge in [-0.25, -0.2) is 0 Å². The Morgan fingerprint density at radius 2 is 2.14 bits per heavy atom. The number of ether oxygens (including phenoxy) is 1. The molecule has 1 rings (SSSR count). The molecule has 2 N–H and O–H groups in total. The molecule has 0 aromatic carbocycles. The standard InChI is InChI=1S/C14H28N6O.HI/c1-6-12-19-17-11-20(12)9-7-15-13(16-8-10-21-5)18-14(2,3)4;/h11H,6-10H2,1-5H3,(H2,15,16,18);1H. The first-order valence-electron chi connectivity index (χ1n) is 7.38. The molecule has 1 heterocycles. The van der Waals surface area contributed by atoms with Gasteiger partial charge in [0, 0.05) is 32.2 Å². The lowest BCUT2D eigenvalue weighted by Crippen LogP contribution is -2.48. The number of rotatable bonds is 7. The molecule has 0 amide bonds. The van der Waals surface area contributed by atoms with E-state index in [1.54, 1.807) is 13.4 Å². The van der Waals surface area contributed by atoms with Crippen molar-refractivity contribution in [2.75, 3.05) is 26.8 Å². The highest BCUT2D eigenvalue weighted by Crippen LogP contribution is 1.98. The summed E-state index contributed by atoms with van der Waals surface area (Å²) in [5, 5.41) is 14.7. The van der Waals surface area contributed by atoms with E-state index in [1.165, 1.54) is 0 Å². The summed E-state index contributed by atoms with van der Waals surface area (Å²) < 4.78 is 7.09. The van der Waals surface area contributed by atoms with Crippen molar-refractivity contribution in [1.82, 2.24) is 25.4 Å². The van der Waals surface area contributed by atoms with Gasteiger partial charge in [0.2, 0.25) is 0 Å². The lowest BCUT2D eigenvalue weighted by molar-refractivity contribution is 0.207. The van der Waals surface area contributed by atoms with E-state index in [1.807, 2.05) is 0 Å². The first-order valence-corrected chi connectivity index (χ1v) is 7.38. The largest absolute Gasteiger partial charge is 0.383 e. The number of aryl methyl sites for hydroxylation is 1. The summed E-state index contributed by atoms with van der Waals surface area (Å²) in [6.07, 6.45) is 2.65. The Bertz CT molecular complexity index is 441. The van der Waals surface area contributed by atoms with Crippen molar-refractivity contribution in [2.24, 2.45) is 4.99 Å². The first-order chi connectivity index (χ1) is 9.96. The zero-order valence-electron chi connectivity index (χ0n) is 14.2. The van der Waals surface area contributed by atoms with E-state index in [2.05, 4.69) is 58.1 Å².